The van der Waals surface area contributed by atoms with E-state index in [2.05, 4.69) is 10.3 Å². The highest BCUT2D eigenvalue weighted by atomic mass is 16.5. The third-order valence-electron chi connectivity index (χ3n) is 2.86. The Balaban J connectivity index is 2.02. The molecule has 2 amide bonds. The summed E-state index contributed by atoms with van der Waals surface area (Å²) < 4.78 is 5.55. The molecule has 1 heterocycles. The van der Waals surface area contributed by atoms with Crippen LogP contribution >= 0.6 is 0 Å². The summed E-state index contributed by atoms with van der Waals surface area (Å²) in [6.07, 6.45) is 1.03. The molecule has 114 valence electrons. The first kappa shape index (κ1) is 15.3. The zero-order chi connectivity index (χ0) is 15.9. The normalized spacial score (nSPS) is 10.0. The van der Waals surface area contributed by atoms with E-state index in [0.717, 1.165) is 5.56 Å². The molecule has 1 aromatic heterocycles. The molecular formula is C15H15N3O4. The van der Waals surface area contributed by atoms with E-state index in [4.69, 9.17) is 15.6 Å². The van der Waals surface area contributed by atoms with E-state index < -0.39 is 12.0 Å². The van der Waals surface area contributed by atoms with Crippen molar-refractivity contribution in [3.8, 4) is 11.6 Å². The molecule has 2 rings (SSSR count). The van der Waals surface area contributed by atoms with Gasteiger partial charge in [-0.25, -0.2) is 9.78 Å². The van der Waals surface area contributed by atoms with Gasteiger partial charge in [0.15, 0.2) is 0 Å². The van der Waals surface area contributed by atoms with E-state index in [1.165, 1.54) is 12.3 Å². The number of aromatic nitrogens is 1. The molecule has 7 nitrogen and oxygen atoms in total. The van der Waals surface area contributed by atoms with Gasteiger partial charge in [0.2, 0.25) is 5.88 Å². The number of carbonyl (C=O) groups excluding carboxylic acids is 1. The lowest BCUT2D eigenvalue weighted by Crippen LogP contribution is -2.23. The van der Waals surface area contributed by atoms with Gasteiger partial charge in [0.1, 0.15) is 11.3 Å². The molecule has 0 atom stereocenters. The minimum absolute atomic E-state index is 0.148. The van der Waals surface area contributed by atoms with Crippen LogP contribution in [0.15, 0.2) is 42.6 Å². The van der Waals surface area contributed by atoms with Gasteiger partial charge in [0.25, 0.3) is 5.91 Å². The minimum atomic E-state index is -1.05. The fourth-order valence-corrected chi connectivity index (χ4v) is 1.81. The third kappa shape index (κ3) is 4.20. The highest BCUT2D eigenvalue weighted by molar-refractivity contribution is 5.95. The topological polar surface area (TPSA) is 115 Å². The first-order valence-electron chi connectivity index (χ1n) is 6.54. The number of nitrogens with zero attached hydrogens (tertiary/aromatic N) is 1. The van der Waals surface area contributed by atoms with Crippen LogP contribution in [-0.4, -0.2) is 28.6 Å². The lowest BCUT2D eigenvalue weighted by molar-refractivity contribution is 0.0997. The highest BCUT2D eigenvalue weighted by Gasteiger charge is 2.10. The molecule has 2 aromatic rings. The molecule has 0 saturated heterocycles. The van der Waals surface area contributed by atoms with Crippen molar-refractivity contribution in [2.75, 3.05) is 6.54 Å². The molecule has 0 radical (unpaired) electrons. The van der Waals surface area contributed by atoms with Crippen LogP contribution in [0, 0.1) is 0 Å². The maximum atomic E-state index is 11.3. The second-order valence-corrected chi connectivity index (χ2v) is 4.45. The van der Waals surface area contributed by atoms with E-state index in [0.29, 0.717) is 18.7 Å². The first-order valence-corrected chi connectivity index (χ1v) is 6.54. The molecule has 0 saturated carbocycles. The van der Waals surface area contributed by atoms with Crippen LogP contribution in [-0.2, 0) is 6.42 Å². The third-order valence-corrected chi connectivity index (χ3v) is 2.86. The van der Waals surface area contributed by atoms with E-state index in [1.54, 1.807) is 18.2 Å². The number of amides is 2. The van der Waals surface area contributed by atoms with Crippen LogP contribution in [0.2, 0.25) is 0 Å². The summed E-state index contributed by atoms with van der Waals surface area (Å²) in [5.74, 6) is 0.0471. The predicted octanol–water partition coefficient (Wildman–Crippen LogP) is 1.78. The zero-order valence-electron chi connectivity index (χ0n) is 11.7. The Morgan fingerprint density at radius 1 is 1.23 bits per heavy atom. The van der Waals surface area contributed by atoms with E-state index in [9.17, 15) is 9.59 Å². The lowest BCUT2D eigenvalue weighted by Gasteiger charge is -2.08. The number of carbonyl (C=O) groups is 2. The second-order valence-electron chi connectivity index (χ2n) is 4.45. The molecule has 0 fully saturated rings. The largest absolute Gasteiger partial charge is 0.465 e. The molecular weight excluding hydrogens is 286 g/mol. The smallest absolute Gasteiger partial charge is 0.404 e. The molecule has 0 aliphatic rings. The number of pyridine rings is 1. The summed E-state index contributed by atoms with van der Waals surface area (Å²) in [4.78, 5) is 25.6. The van der Waals surface area contributed by atoms with Crippen molar-refractivity contribution in [3.05, 3.63) is 53.7 Å². The van der Waals surface area contributed by atoms with Gasteiger partial charge in [-0.2, -0.15) is 0 Å². The summed E-state index contributed by atoms with van der Waals surface area (Å²) in [7, 11) is 0. The maximum absolute atomic E-state index is 11.3. The van der Waals surface area contributed by atoms with Crippen LogP contribution in [0.4, 0.5) is 4.79 Å². The van der Waals surface area contributed by atoms with Gasteiger partial charge in [-0.05, 0) is 36.2 Å². The van der Waals surface area contributed by atoms with Crippen LogP contribution < -0.4 is 15.8 Å². The molecule has 0 spiro atoms. The zero-order valence-corrected chi connectivity index (χ0v) is 11.7. The van der Waals surface area contributed by atoms with Crippen LogP contribution in [0.5, 0.6) is 11.6 Å². The number of ether oxygens (including phenoxy) is 1. The summed E-state index contributed by atoms with van der Waals surface area (Å²) >= 11 is 0. The number of carboxylic acid groups (broad SMARTS) is 1. The van der Waals surface area contributed by atoms with Crippen LogP contribution in [0.25, 0.3) is 0 Å². The van der Waals surface area contributed by atoms with Gasteiger partial charge >= 0.3 is 6.09 Å². The van der Waals surface area contributed by atoms with Gasteiger partial charge in [-0.3, -0.25) is 4.79 Å². The summed E-state index contributed by atoms with van der Waals surface area (Å²) in [6, 6.07) is 10.2. The minimum Gasteiger partial charge on any atom is -0.465 e. The van der Waals surface area contributed by atoms with Gasteiger partial charge in [0.05, 0.1) is 0 Å². The van der Waals surface area contributed by atoms with Gasteiger partial charge in [-0.15, -0.1) is 0 Å². The number of hydrogen-bond acceptors (Lipinski definition) is 4. The number of benzene rings is 1. The molecule has 22 heavy (non-hydrogen) atoms. The average Bonchev–Trinajstić information content (AvgIpc) is 2.49. The average molecular weight is 301 g/mol. The van der Waals surface area contributed by atoms with Crippen molar-refractivity contribution in [2.45, 2.75) is 6.42 Å². The SMILES string of the molecule is NC(=O)c1cccnc1Oc1ccc(CCNC(=O)O)cc1. The fraction of sp³-hybridized carbons (Fsp3) is 0.133. The number of rotatable bonds is 6. The number of hydrogen-bond donors (Lipinski definition) is 3. The maximum Gasteiger partial charge on any atom is 0.404 e. The lowest BCUT2D eigenvalue weighted by atomic mass is 10.1. The Labute approximate surface area is 126 Å². The quantitative estimate of drug-likeness (QED) is 0.752. The molecule has 0 bridgehead atoms. The molecule has 4 N–H and O–H groups in total. The van der Waals surface area contributed by atoms with Crippen molar-refractivity contribution >= 4 is 12.0 Å². The molecule has 0 unspecified atom stereocenters. The Hall–Kier alpha value is -3.09. The van der Waals surface area contributed by atoms with Crippen LogP contribution in [0.1, 0.15) is 15.9 Å². The van der Waals surface area contributed by atoms with E-state index in [1.807, 2.05) is 12.1 Å². The van der Waals surface area contributed by atoms with Crippen molar-refractivity contribution in [2.24, 2.45) is 5.73 Å². The standard InChI is InChI=1S/C15H15N3O4/c16-13(19)12-2-1-8-17-14(12)22-11-5-3-10(4-6-11)7-9-18-15(20)21/h1-6,8,18H,7,9H2,(H2,16,19)(H,20,21). The Morgan fingerprint density at radius 2 is 1.95 bits per heavy atom. The second kappa shape index (κ2) is 7.07. The van der Waals surface area contributed by atoms with Gasteiger partial charge in [0, 0.05) is 12.7 Å². The first-order chi connectivity index (χ1) is 10.6. The van der Waals surface area contributed by atoms with Gasteiger partial charge in [-0.1, -0.05) is 12.1 Å². The summed E-state index contributed by atoms with van der Waals surface area (Å²) in [6.45, 7) is 0.335. The summed E-state index contributed by atoms with van der Waals surface area (Å²) in [5, 5.41) is 10.8. The number of nitrogens with one attached hydrogen (secondary N) is 1. The van der Waals surface area contributed by atoms with Crippen molar-refractivity contribution in [3.63, 3.8) is 0 Å². The molecule has 7 heteroatoms. The van der Waals surface area contributed by atoms with Crippen molar-refractivity contribution in [1.29, 1.82) is 0 Å². The number of nitrogens with two attached hydrogens (primary N) is 1. The Morgan fingerprint density at radius 3 is 2.59 bits per heavy atom. The fourth-order valence-electron chi connectivity index (χ4n) is 1.81. The Bertz CT molecular complexity index is 671. The van der Waals surface area contributed by atoms with Crippen molar-refractivity contribution < 1.29 is 19.4 Å². The Kier molecular flexibility index (Phi) is 4.92. The number of primary amides is 1. The molecule has 1 aromatic carbocycles. The molecule has 0 aliphatic carbocycles. The van der Waals surface area contributed by atoms with E-state index in [-0.39, 0.29) is 11.4 Å². The van der Waals surface area contributed by atoms with Gasteiger partial charge < -0.3 is 20.9 Å². The predicted molar refractivity (Wildman–Crippen MR) is 79.0 cm³/mol. The van der Waals surface area contributed by atoms with E-state index >= 15 is 0 Å². The van der Waals surface area contributed by atoms with Crippen LogP contribution in [0.3, 0.4) is 0 Å². The molecule has 0 aliphatic heterocycles. The van der Waals surface area contributed by atoms with Crippen molar-refractivity contribution in [1.82, 2.24) is 10.3 Å². The monoisotopic (exact) mass is 301 g/mol. The summed E-state index contributed by atoms with van der Waals surface area (Å²) in [5.41, 5.74) is 6.42. The highest BCUT2D eigenvalue weighted by Crippen LogP contribution is 2.22.